The average molecular weight is 295 g/mol. The first-order valence-corrected chi connectivity index (χ1v) is 5.17. The Morgan fingerprint density at radius 2 is 2.31 bits per heavy atom. The topological polar surface area (TPSA) is 65.2 Å². The van der Waals surface area contributed by atoms with Crippen molar-refractivity contribution in [2.24, 2.45) is 0 Å². The van der Waals surface area contributed by atoms with Gasteiger partial charge in [0.2, 0.25) is 0 Å². The molecule has 0 fully saturated rings. The van der Waals surface area contributed by atoms with E-state index in [1.807, 2.05) is 0 Å². The number of nitrogens with two attached hydrogens (primary N) is 1. The first-order chi connectivity index (χ1) is 7.47. The van der Waals surface area contributed by atoms with Gasteiger partial charge in [-0.15, -0.1) is 0 Å². The van der Waals surface area contributed by atoms with Crippen molar-refractivity contribution in [1.82, 2.24) is 4.98 Å². The number of carbonyl (C=O) groups is 1. The minimum absolute atomic E-state index is 0.00412. The predicted molar refractivity (Wildman–Crippen MR) is 57.3 cm³/mol. The first kappa shape index (κ1) is 12.8. The molecule has 0 saturated carbocycles. The Kier molecular flexibility index (Phi) is 4.17. The number of esters is 1. The van der Waals surface area contributed by atoms with Crippen LogP contribution in [0.5, 0.6) is 0 Å². The van der Waals surface area contributed by atoms with E-state index < -0.39 is 12.4 Å². The summed E-state index contributed by atoms with van der Waals surface area (Å²) in [5, 5.41) is 0. The highest BCUT2D eigenvalue weighted by atomic mass is 79.9. The number of ether oxygens (including phenoxy) is 1. The number of hydrogen-bond acceptors (Lipinski definition) is 4. The molecule has 0 aliphatic carbocycles. The molecule has 1 heterocycles. The van der Waals surface area contributed by atoms with Gasteiger partial charge in [0, 0.05) is 5.56 Å². The van der Waals surface area contributed by atoms with Crippen LogP contribution in [0.3, 0.4) is 0 Å². The molecule has 2 N–H and O–H groups in total. The molecule has 0 radical (unpaired) electrons. The molecule has 0 bridgehead atoms. The number of anilines is 1. The number of pyridine rings is 1. The lowest BCUT2D eigenvalue weighted by atomic mass is 10.2. The molecule has 0 aliphatic heterocycles. The van der Waals surface area contributed by atoms with Crippen LogP contribution < -0.4 is 5.73 Å². The zero-order valence-electron chi connectivity index (χ0n) is 8.34. The van der Waals surface area contributed by atoms with E-state index in [2.05, 4.69) is 25.7 Å². The highest BCUT2D eigenvalue weighted by Gasteiger charge is 2.19. The predicted octanol–water partition coefficient (Wildman–Crippen LogP) is 2.54. The third kappa shape index (κ3) is 2.66. The van der Waals surface area contributed by atoms with Gasteiger partial charge in [-0.05, 0) is 28.9 Å². The Balaban J connectivity index is 3.18. The number of rotatable bonds is 3. The zero-order valence-corrected chi connectivity index (χ0v) is 9.92. The van der Waals surface area contributed by atoms with Crippen LogP contribution in [0, 0.1) is 0 Å². The van der Waals surface area contributed by atoms with Gasteiger partial charge in [-0.3, -0.25) is 0 Å². The largest absolute Gasteiger partial charge is 0.461 e. The van der Waals surface area contributed by atoms with Gasteiger partial charge in [0.25, 0.3) is 6.43 Å². The quantitative estimate of drug-likeness (QED) is 0.870. The minimum atomic E-state index is -2.74. The minimum Gasteiger partial charge on any atom is -0.461 e. The summed E-state index contributed by atoms with van der Waals surface area (Å²) in [5.74, 6) is -0.940. The number of carbonyl (C=O) groups excluding carboxylic acids is 1. The smallest absolute Gasteiger partial charge is 0.357 e. The first-order valence-electron chi connectivity index (χ1n) is 4.38. The van der Waals surface area contributed by atoms with E-state index in [0.717, 1.165) is 6.07 Å². The Morgan fingerprint density at radius 3 is 2.81 bits per heavy atom. The van der Waals surface area contributed by atoms with E-state index in [0.29, 0.717) is 0 Å². The lowest BCUT2D eigenvalue weighted by molar-refractivity contribution is 0.0519. The normalized spacial score (nSPS) is 10.6. The van der Waals surface area contributed by atoms with Crippen LogP contribution in [0.4, 0.5) is 14.6 Å². The van der Waals surface area contributed by atoms with Gasteiger partial charge in [0.15, 0.2) is 5.69 Å². The molecule has 0 saturated heterocycles. The molecule has 0 atom stereocenters. The molecule has 0 unspecified atom stereocenters. The fourth-order valence-electron chi connectivity index (χ4n) is 1.04. The number of alkyl halides is 2. The third-order valence-corrected chi connectivity index (χ3v) is 2.60. The zero-order chi connectivity index (χ0) is 12.3. The molecular formula is C9H9BrF2N2O2. The molecule has 0 aromatic carbocycles. The maximum absolute atomic E-state index is 12.6. The molecule has 1 aromatic rings. The number of hydrogen-bond donors (Lipinski definition) is 1. The van der Waals surface area contributed by atoms with Crippen LogP contribution in [0.1, 0.15) is 29.4 Å². The van der Waals surface area contributed by atoms with Crippen molar-refractivity contribution in [2.45, 2.75) is 13.3 Å². The molecular weight excluding hydrogens is 286 g/mol. The van der Waals surface area contributed by atoms with Crippen molar-refractivity contribution in [1.29, 1.82) is 0 Å². The molecule has 88 valence electrons. The van der Waals surface area contributed by atoms with Crippen molar-refractivity contribution < 1.29 is 18.3 Å². The van der Waals surface area contributed by atoms with E-state index in [4.69, 9.17) is 5.73 Å². The summed E-state index contributed by atoms with van der Waals surface area (Å²) in [4.78, 5) is 14.9. The van der Waals surface area contributed by atoms with Gasteiger partial charge in [-0.2, -0.15) is 0 Å². The second kappa shape index (κ2) is 5.20. The maximum Gasteiger partial charge on any atom is 0.357 e. The summed E-state index contributed by atoms with van der Waals surface area (Å²) < 4.78 is 29.8. The highest BCUT2D eigenvalue weighted by Crippen LogP contribution is 2.31. The van der Waals surface area contributed by atoms with Crippen LogP contribution in [-0.4, -0.2) is 17.6 Å². The van der Waals surface area contributed by atoms with E-state index in [1.54, 1.807) is 6.92 Å². The van der Waals surface area contributed by atoms with Crippen LogP contribution in [0.2, 0.25) is 0 Å². The summed E-state index contributed by atoms with van der Waals surface area (Å²) in [5.41, 5.74) is 4.79. The van der Waals surface area contributed by atoms with Crippen molar-refractivity contribution in [3.05, 3.63) is 21.8 Å². The number of halogens is 3. The van der Waals surface area contributed by atoms with E-state index in [9.17, 15) is 13.6 Å². The summed E-state index contributed by atoms with van der Waals surface area (Å²) in [6.45, 7) is 1.74. The fraction of sp³-hybridized carbons (Fsp3) is 0.333. The monoisotopic (exact) mass is 294 g/mol. The second-order valence-corrected chi connectivity index (χ2v) is 3.61. The van der Waals surface area contributed by atoms with Gasteiger partial charge in [-0.1, -0.05) is 0 Å². The maximum atomic E-state index is 12.6. The lowest BCUT2D eigenvalue weighted by Crippen LogP contribution is -2.10. The second-order valence-electron chi connectivity index (χ2n) is 2.82. The Hall–Kier alpha value is -1.24. The molecule has 0 amide bonds. The fourth-order valence-corrected chi connectivity index (χ4v) is 1.41. The van der Waals surface area contributed by atoms with Gasteiger partial charge >= 0.3 is 5.97 Å². The van der Waals surface area contributed by atoms with E-state index in [1.165, 1.54) is 0 Å². The molecule has 7 heteroatoms. The standard InChI is InChI=1S/C9H9BrF2N2O2/c1-2-16-9(15)5-3-4(7(11)12)6(10)8(13)14-5/h3,7H,2H2,1H3,(H2,13,14). The SMILES string of the molecule is CCOC(=O)c1cc(C(F)F)c(Br)c(N)n1. The summed E-state index contributed by atoms with van der Waals surface area (Å²) in [6, 6.07) is 0.961. The van der Waals surface area contributed by atoms with Crippen LogP contribution in [-0.2, 0) is 4.74 Å². The number of nitrogens with zero attached hydrogens (tertiary/aromatic N) is 1. The van der Waals surface area contributed by atoms with Crippen molar-refractivity contribution in [2.75, 3.05) is 12.3 Å². The van der Waals surface area contributed by atoms with Gasteiger partial charge in [0.05, 0.1) is 11.1 Å². The van der Waals surface area contributed by atoms with E-state index in [-0.39, 0.29) is 28.2 Å². The van der Waals surface area contributed by atoms with Crippen LogP contribution in [0.25, 0.3) is 0 Å². The van der Waals surface area contributed by atoms with Gasteiger partial charge in [-0.25, -0.2) is 18.6 Å². The number of aromatic nitrogens is 1. The Labute approximate surface area is 98.9 Å². The lowest BCUT2D eigenvalue weighted by Gasteiger charge is -2.08. The van der Waals surface area contributed by atoms with E-state index >= 15 is 0 Å². The molecule has 0 aliphatic rings. The molecule has 0 spiro atoms. The van der Waals surface area contributed by atoms with Crippen LogP contribution >= 0.6 is 15.9 Å². The van der Waals surface area contributed by atoms with Crippen molar-refractivity contribution in [3.8, 4) is 0 Å². The van der Waals surface area contributed by atoms with Gasteiger partial charge < -0.3 is 10.5 Å². The number of nitrogen functional groups attached to an aromatic ring is 1. The van der Waals surface area contributed by atoms with Crippen molar-refractivity contribution in [3.63, 3.8) is 0 Å². The molecule has 1 rings (SSSR count). The summed E-state index contributed by atoms with van der Waals surface area (Å²) in [6.07, 6.45) is -2.74. The Morgan fingerprint density at radius 1 is 1.69 bits per heavy atom. The highest BCUT2D eigenvalue weighted by molar-refractivity contribution is 9.10. The average Bonchev–Trinajstić information content (AvgIpc) is 2.21. The summed E-state index contributed by atoms with van der Waals surface area (Å²) in [7, 11) is 0. The van der Waals surface area contributed by atoms with Gasteiger partial charge in [0.1, 0.15) is 5.82 Å². The summed E-state index contributed by atoms with van der Waals surface area (Å²) >= 11 is 2.88. The molecule has 16 heavy (non-hydrogen) atoms. The Bertz CT molecular complexity index is 413. The van der Waals surface area contributed by atoms with Crippen molar-refractivity contribution >= 4 is 27.7 Å². The molecule has 4 nitrogen and oxygen atoms in total. The molecule has 1 aromatic heterocycles. The van der Waals surface area contributed by atoms with Crippen LogP contribution in [0.15, 0.2) is 10.5 Å². The third-order valence-electron chi connectivity index (χ3n) is 1.73.